The first kappa shape index (κ1) is 27.6. The van der Waals surface area contributed by atoms with Gasteiger partial charge >= 0.3 is 222 Å². The predicted molar refractivity (Wildman–Crippen MR) is 162 cm³/mol. The van der Waals surface area contributed by atoms with Gasteiger partial charge in [-0.1, -0.05) is 0 Å². The van der Waals surface area contributed by atoms with Gasteiger partial charge in [0.2, 0.25) is 0 Å². The SMILES string of the molecule is CC[N+](CC)(CC)CCCCCC[C]12[CH]3[C]4(C(C)(C)C)[C]5(C(C)(C)C)[C]1(C(C)(C)C)[Fe]32451678[CH]2[CH]1[CH]6[CH]7[CH]28.F[B-](F)(F)F. The van der Waals surface area contributed by atoms with Crippen molar-refractivity contribution in [3.8, 4) is 0 Å². The molecule has 5 unspecified atom stereocenters. The Labute approximate surface area is 238 Å². The average Bonchev–Trinajstić information content (AvgIpc) is 3.75. The van der Waals surface area contributed by atoms with Crippen molar-refractivity contribution in [2.24, 2.45) is 16.2 Å². The number of nitrogens with zero attached hydrogens (tertiary/aromatic N) is 1. The largest absolute Gasteiger partial charge is 0.673 e. The smallest absolute Gasteiger partial charge is 0.418 e. The summed E-state index contributed by atoms with van der Waals surface area (Å²) in [4.78, 5) is 8.09. The van der Waals surface area contributed by atoms with Crippen LogP contribution in [0.3, 0.4) is 0 Å². The maximum absolute atomic E-state index is 9.75. The van der Waals surface area contributed by atoms with Crippen LogP contribution in [-0.4, -0.2) is 37.9 Å². The van der Waals surface area contributed by atoms with E-state index in [1.807, 2.05) is 0 Å². The molecule has 0 N–H and O–H groups in total. The van der Waals surface area contributed by atoms with Crippen molar-refractivity contribution in [3.63, 3.8) is 0 Å². The van der Waals surface area contributed by atoms with Crippen LogP contribution < -0.4 is 0 Å². The Bertz CT molecular complexity index is 1600. The first-order valence-corrected chi connectivity index (χ1v) is 23.3. The summed E-state index contributed by atoms with van der Waals surface area (Å²) in [6.45, 7) is 33.7. The molecule has 0 aliphatic carbocycles. The van der Waals surface area contributed by atoms with Crippen LogP contribution in [0, 0.1) is 16.2 Å². The Morgan fingerprint density at radius 2 is 1.00 bits per heavy atom. The molecule has 0 radical (unpaired) electrons. The van der Waals surface area contributed by atoms with Crippen molar-refractivity contribution < 1.29 is 28.3 Å². The molecule has 0 bridgehead atoms. The van der Waals surface area contributed by atoms with E-state index in [2.05, 4.69) is 83.1 Å². The standard InChI is InChI=1S/C29H55N.C5H5.BF4.Fe/c1-13-30(14-2,15-3)21-19-17-16-18-20-23-22-24(27(4,5)6)26(29(10,11)12)25(23)28(7,8)9;1-2-4-5-3-1;2-1(3,4)5;/h22H,13-21H2,1-12H3;1-5H;;/q+1;;-1;. The fraction of sp³-hybridized carbons (Fsp3) is 1.00. The van der Waals surface area contributed by atoms with Crippen molar-refractivity contribution >= 4 is 7.25 Å². The summed E-state index contributed by atoms with van der Waals surface area (Å²) in [6, 6.07) is 0. The Kier molecular flexibility index (Phi) is 2.62. The number of quaternary nitrogens is 1. The van der Waals surface area contributed by atoms with Gasteiger partial charge in [0, 0.05) is 0 Å². The normalized spacial score (nSPS) is 63.7. The van der Waals surface area contributed by atoms with Gasteiger partial charge in [0.25, 0.3) is 0 Å². The number of rotatable bonds is 10. The second-order valence-electron chi connectivity index (χ2n) is 21.5. The molecular weight excluding hydrogens is 565 g/mol. The predicted octanol–water partition coefficient (Wildman–Crippen LogP) is 12.1. The maximum atomic E-state index is 9.75. The zero-order chi connectivity index (χ0) is 30.6. The fourth-order valence-corrected chi connectivity index (χ4v) is 117. The van der Waals surface area contributed by atoms with Gasteiger partial charge in [-0.3, -0.25) is 0 Å². The molecule has 7 heteroatoms. The summed E-state index contributed by atoms with van der Waals surface area (Å²) in [5.41, 5.74) is 1.62. The van der Waals surface area contributed by atoms with Crippen molar-refractivity contribution in [3.05, 3.63) is 0 Å². The van der Waals surface area contributed by atoms with Gasteiger partial charge < -0.3 is 17.3 Å². The van der Waals surface area contributed by atoms with E-state index in [0.29, 0.717) is 16.2 Å². The molecule has 0 aromatic carbocycles. The minimum Gasteiger partial charge on any atom is -0.418 e. The molecule has 5 atom stereocenters. The zero-order valence-electron chi connectivity index (χ0n) is 28.2. The quantitative estimate of drug-likeness (QED) is 0.0981. The number of hydrogen-bond acceptors (Lipinski definition) is 0. The molecule has 10 rings (SSSR count). The number of unbranched alkanes of at least 4 members (excludes halogenated alkanes) is 3. The van der Waals surface area contributed by atoms with Gasteiger partial charge in [-0.2, -0.15) is 0 Å². The van der Waals surface area contributed by atoms with E-state index in [1.54, 1.807) is 12.8 Å². The van der Waals surface area contributed by atoms with E-state index in [-0.39, 0.29) is 0 Å². The molecule has 10 heterocycles. The Morgan fingerprint density at radius 3 is 1.32 bits per heavy atom. The third kappa shape index (κ3) is 0.645. The molecule has 41 heavy (non-hydrogen) atoms. The Balaban J connectivity index is 0.000000446. The molecule has 0 saturated carbocycles. The van der Waals surface area contributed by atoms with Gasteiger partial charge in [0.05, 0.1) is 0 Å². The van der Waals surface area contributed by atoms with E-state index in [0.717, 1.165) is 17.3 Å². The van der Waals surface area contributed by atoms with Crippen LogP contribution in [0.5, 0.6) is 0 Å². The van der Waals surface area contributed by atoms with Crippen molar-refractivity contribution in [2.75, 3.05) is 26.2 Å². The fourth-order valence-electron chi connectivity index (χ4n) is 27.6. The molecule has 240 valence electrons. The van der Waals surface area contributed by atoms with Gasteiger partial charge in [-0.05, 0) is 0 Å². The number of hydrogen-bond donors (Lipinski definition) is 0. The number of halogens is 4. The summed E-state index contributed by atoms with van der Waals surface area (Å²) in [5, 5.41) is 0. The summed E-state index contributed by atoms with van der Waals surface area (Å²) in [6.07, 6.45) is 7.76. The molecule has 0 aromatic heterocycles. The van der Waals surface area contributed by atoms with E-state index in [4.69, 9.17) is 0 Å². The van der Waals surface area contributed by atoms with Crippen molar-refractivity contribution in [1.29, 1.82) is 0 Å². The molecule has 0 amide bonds. The molecule has 1 spiro atoms. The second kappa shape index (κ2) is 3.89. The van der Waals surface area contributed by atoms with Crippen molar-refractivity contribution in [1.82, 2.24) is 0 Å². The molecule has 10 saturated heterocycles. The monoisotopic (exact) mass is 625 g/mol. The van der Waals surface area contributed by atoms with Gasteiger partial charge in [0.1, 0.15) is 0 Å². The minimum absolute atomic E-state index is 0.530. The van der Waals surface area contributed by atoms with Crippen LogP contribution in [0.1, 0.15) is 115 Å². The van der Waals surface area contributed by atoms with Crippen LogP contribution in [0.2, 0.25) is 46.2 Å². The van der Waals surface area contributed by atoms with E-state index in [1.165, 1.54) is 78.8 Å². The molecule has 10 aliphatic heterocycles. The van der Waals surface area contributed by atoms with Crippen LogP contribution >= 0.6 is 0 Å². The Morgan fingerprint density at radius 1 is 0.610 bits per heavy atom. The van der Waals surface area contributed by atoms with E-state index < -0.39 is 13.8 Å². The van der Waals surface area contributed by atoms with E-state index >= 15 is 0 Å². The topological polar surface area (TPSA) is 0 Å². The summed E-state index contributed by atoms with van der Waals surface area (Å²) >= 11 is 0. The zero-order valence-corrected chi connectivity index (χ0v) is 29.3. The van der Waals surface area contributed by atoms with Gasteiger partial charge in [-0.25, -0.2) is 0 Å². The molecule has 1 nitrogen and oxygen atoms in total. The average molecular weight is 626 g/mol. The third-order valence-electron chi connectivity index (χ3n) is 22.5. The summed E-state index contributed by atoms with van der Waals surface area (Å²) < 4.78 is 43.8. The molecule has 0 aromatic rings. The third-order valence-corrected chi connectivity index (χ3v) is 68.4. The summed E-state index contributed by atoms with van der Waals surface area (Å²) in [7, 11) is -6.00. The van der Waals surface area contributed by atoms with Crippen LogP contribution in [0.4, 0.5) is 17.3 Å². The molecule has 10 fully saturated rings. The summed E-state index contributed by atoms with van der Waals surface area (Å²) in [5.74, 6) is 0. The molecular formula is C34H60BF4FeN. The minimum atomic E-state index is -6.00. The van der Waals surface area contributed by atoms with Crippen LogP contribution in [0.25, 0.3) is 0 Å². The van der Waals surface area contributed by atoms with Crippen LogP contribution in [-0.2, 0) is 6.51 Å². The van der Waals surface area contributed by atoms with Gasteiger partial charge in [0.15, 0.2) is 0 Å². The Hall–Kier alpha value is 0.264. The van der Waals surface area contributed by atoms with Crippen LogP contribution in [0.15, 0.2) is 0 Å². The first-order valence-electron chi connectivity index (χ1n) is 17.3. The number of fused-ring (bicyclic) bond motifs is 10. The first-order chi connectivity index (χ1) is 18.4. The maximum Gasteiger partial charge on any atom is 0.673 e. The molecule has 10 aliphatic rings. The second-order valence-corrected chi connectivity index (χ2v) is 44.1. The van der Waals surface area contributed by atoms with E-state index in [9.17, 15) is 17.3 Å². The van der Waals surface area contributed by atoms with Gasteiger partial charge in [-0.15, -0.1) is 0 Å². The van der Waals surface area contributed by atoms with Crippen molar-refractivity contribution in [2.45, 2.75) is 161 Å².